The van der Waals surface area contributed by atoms with Crippen molar-refractivity contribution in [1.29, 1.82) is 0 Å². The van der Waals surface area contributed by atoms with Crippen molar-refractivity contribution in [3.8, 4) is 0 Å². The second-order valence-electron chi connectivity index (χ2n) is 11.7. The fourth-order valence-corrected chi connectivity index (χ4v) is 9.61. The van der Waals surface area contributed by atoms with Crippen molar-refractivity contribution in [3.05, 3.63) is 98.9 Å². The Hall–Kier alpha value is -2.56. The Morgan fingerprint density at radius 3 is 2.77 bits per heavy atom. The first-order valence-corrected chi connectivity index (χ1v) is 19.4. The van der Waals surface area contributed by atoms with Crippen molar-refractivity contribution in [1.82, 2.24) is 0 Å². The highest BCUT2D eigenvalue weighted by atomic mass is 32.2. The number of rotatable bonds is 10. The number of fused-ring (bicyclic) bond motifs is 3. The van der Waals surface area contributed by atoms with Crippen molar-refractivity contribution >= 4 is 67.0 Å². The largest absolute Gasteiger partial charge is 0.748 e. The van der Waals surface area contributed by atoms with Gasteiger partial charge in [0, 0.05) is 40.7 Å². The van der Waals surface area contributed by atoms with E-state index in [1.807, 2.05) is 17.2 Å². The molecule has 0 radical (unpaired) electrons. The first-order valence-electron chi connectivity index (χ1n) is 15.3. The summed E-state index contributed by atoms with van der Waals surface area (Å²) in [4.78, 5) is 4.91. The topological polar surface area (TPSA) is 64.3 Å². The molecule has 2 heterocycles. The zero-order valence-corrected chi connectivity index (χ0v) is 28.5. The lowest BCUT2D eigenvalue weighted by atomic mass is 9.77. The molecular formula is C35H38N2O3S4. The molecule has 0 bridgehead atoms. The second-order valence-corrected chi connectivity index (χ2v) is 16.4. The molecule has 1 aromatic heterocycles. The molecule has 0 amide bonds. The predicted molar refractivity (Wildman–Crippen MR) is 186 cm³/mol. The van der Waals surface area contributed by atoms with E-state index in [1.54, 1.807) is 23.1 Å². The van der Waals surface area contributed by atoms with Crippen LogP contribution in [0.5, 0.6) is 0 Å². The van der Waals surface area contributed by atoms with Crippen LogP contribution >= 0.6 is 34.9 Å². The lowest BCUT2D eigenvalue weighted by Gasteiger charge is -2.28. The van der Waals surface area contributed by atoms with E-state index in [0.717, 1.165) is 52.3 Å². The minimum Gasteiger partial charge on any atom is -0.748 e. The van der Waals surface area contributed by atoms with E-state index in [2.05, 4.69) is 90.6 Å². The van der Waals surface area contributed by atoms with E-state index < -0.39 is 10.1 Å². The van der Waals surface area contributed by atoms with E-state index in [1.165, 1.54) is 44.3 Å². The summed E-state index contributed by atoms with van der Waals surface area (Å²) < 4.78 is 37.4. The fourth-order valence-electron chi connectivity index (χ4n) is 6.31. The summed E-state index contributed by atoms with van der Waals surface area (Å²) in [7, 11) is -4.26. The third kappa shape index (κ3) is 7.12. The number of hydrogen-bond donors (Lipinski definition) is 0. The summed E-state index contributed by atoms with van der Waals surface area (Å²) in [5, 5.41) is 4.22. The van der Waals surface area contributed by atoms with Gasteiger partial charge in [-0.1, -0.05) is 66.6 Å². The van der Waals surface area contributed by atoms with Crippen LogP contribution in [0.4, 0.5) is 5.69 Å². The molecule has 0 saturated heterocycles. The van der Waals surface area contributed by atoms with Gasteiger partial charge >= 0.3 is 0 Å². The number of hydrogen-bond acceptors (Lipinski definition) is 7. The van der Waals surface area contributed by atoms with Crippen LogP contribution < -0.4 is 9.47 Å². The summed E-state index contributed by atoms with van der Waals surface area (Å²) >= 11 is 5.16. The third-order valence-electron chi connectivity index (χ3n) is 8.39. The smallest absolute Gasteiger partial charge is 0.263 e. The van der Waals surface area contributed by atoms with Gasteiger partial charge in [0.2, 0.25) is 5.52 Å². The highest BCUT2D eigenvalue weighted by Gasteiger charge is 2.28. The molecule has 1 atom stereocenters. The second kappa shape index (κ2) is 13.4. The van der Waals surface area contributed by atoms with E-state index >= 15 is 0 Å². The minimum atomic E-state index is -4.26. The number of benzene rings is 2. The maximum Gasteiger partial charge on any atom is 0.263 e. The van der Waals surface area contributed by atoms with Crippen LogP contribution in [0.2, 0.25) is 0 Å². The Morgan fingerprint density at radius 2 is 1.98 bits per heavy atom. The van der Waals surface area contributed by atoms with Gasteiger partial charge < -0.3 is 9.45 Å². The normalized spacial score (nSPS) is 20.2. The minimum absolute atomic E-state index is 0.289. The predicted octanol–water partition coefficient (Wildman–Crippen LogP) is 8.97. The molecule has 230 valence electrons. The number of nitrogens with zero attached hydrogens (tertiary/aromatic N) is 2. The maximum absolute atomic E-state index is 11.3. The fraction of sp³-hybridized carbons (Fsp3) is 0.343. The van der Waals surface area contributed by atoms with Gasteiger partial charge in [0.05, 0.1) is 20.8 Å². The Bertz CT molecular complexity index is 1830. The Balaban J connectivity index is 1.31. The van der Waals surface area contributed by atoms with Crippen molar-refractivity contribution in [2.24, 2.45) is 5.92 Å². The van der Waals surface area contributed by atoms with Crippen LogP contribution in [0, 0.1) is 12.8 Å². The molecular weight excluding hydrogens is 625 g/mol. The first kappa shape index (κ1) is 31.4. The van der Waals surface area contributed by atoms with Gasteiger partial charge in [-0.2, -0.15) is 4.57 Å². The number of aromatic nitrogens is 1. The highest BCUT2D eigenvalue weighted by Crippen LogP contribution is 2.48. The molecule has 3 aromatic rings. The number of aryl methyl sites for hydroxylation is 2. The SMILES string of the molecule is C=CSc1ccc2sc(/C=C3/C=C4C=C(/C=C5\Sc6ccc(C)cc6N5CCC)CCC4CC3)[n+](CCCS(=O)(=O)[O-])c2c1. The van der Waals surface area contributed by atoms with Crippen LogP contribution in [0.25, 0.3) is 16.3 Å². The average molecular weight is 663 g/mol. The van der Waals surface area contributed by atoms with Crippen molar-refractivity contribution in [3.63, 3.8) is 0 Å². The quantitative estimate of drug-likeness (QED) is 0.123. The molecule has 1 unspecified atom stereocenters. The van der Waals surface area contributed by atoms with Gasteiger partial charge in [-0.3, -0.25) is 0 Å². The van der Waals surface area contributed by atoms with Gasteiger partial charge in [-0.15, -0.1) is 0 Å². The van der Waals surface area contributed by atoms with Crippen LogP contribution in [0.1, 0.15) is 56.0 Å². The van der Waals surface area contributed by atoms with Crippen LogP contribution in [0.15, 0.2) is 98.2 Å². The van der Waals surface area contributed by atoms with Gasteiger partial charge in [-0.05, 0) is 103 Å². The summed E-state index contributed by atoms with van der Waals surface area (Å²) in [6.45, 7) is 9.74. The number of anilines is 1. The van der Waals surface area contributed by atoms with E-state index in [9.17, 15) is 13.0 Å². The number of allylic oxidation sites excluding steroid dienone is 6. The van der Waals surface area contributed by atoms with Crippen molar-refractivity contribution < 1.29 is 17.5 Å². The van der Waals surface area contributed by atoms with Crippen LogP contribution in [-0.4, -0.2) is 25.3 Å². The Labute approximate surface area is 273 Å². The molecule has 1 aliphatic heterocycles. The Morgan fingerprint density at radius 1 is 1.14 bits per heavy atom. The summed E-state index contributed by atoms with van der Waals surface area (Å²) in [5.74, 6) is 0.231. The molecule has 2 aliphatic carbocycles. The van der Waals surface area contributed by atoms with Gasteiger partial charge in [0.25, 0.3) is 5.01 Å². The van der Waals surface area contributed by atoms with E-state index in [-0.39, 0.29) is 12.2 Å². The summed E-state index contributed by atoms with van der Waals surface area (Å²) in [5.41, 5.74) is 7.79. The van der Waals surface area contributed by atoms with Gasteiger partial charge in [0.1, 0.15) is 4.70 Å². The lowest BCUT2D eigenvalue weighted by Crippen LogP contribution is -2.36. The molecule has 0 spiro atoms. The molecule has 6 rings (SSSR count). The van der Waals surface area contributed by atoms with Gasteiger partial charge in [0.15, 0.2) is 6.54 Å². The molecule has 2 aromatic carbocycles. The summed E-state index contributed by atoms with van der Waals surface area (Å²) in [6, 6.07) is 13.1. The van der Waals surface area contributed by atoms with E-state index in [0.29, 0.717) is 12.5 Å². The standard InChI is InChI=1S/C35H38N2O3S4/c1-4-15-36-30-18-24(3)7-13-32(30)42-34(36)21-25-8-10-27-11-9-26(20-28(27)19-25)22-35-37(16-6-17-44(38,39)40)31-23-29(41-5-2)12-14-33(31)43-35/h5,7,12-14,18-23,27H,2,4,6,8-11,15-17H2,1,3H3. The maximum atomic E-state index is 11.3. The van der Waals surface area contributed by atoms with Crippen molar-refractivity contribution in [2.75, 3.05) is 17.2 Å². The molecule has 0 fully saturated rings. The number of thioether (sulfide) groups is 2. The van der Waals surface area contributed by atoms with Gasteiger partial charge in [-0.25, -0.2) is 8.42 Å². The van der Waals surface area contributed by atoms with Crippen LogP contribution in [0.3, 0.4) is 0 Å². The Kier molecular flexibility index (Phi) is 9.59. The molecule has 9 heteroatoms. The summed E-state index contributed by atoms with van der Waals surface area (Å²) in [6.07, 6.45) is 15.3. The van der Waals surface area contributed by atoms with E-state index in [4.69, 9.17) is 0 Å². The molecule has 0 N–H and O–H groups in total. The molecule has 3 aliphatic rings. The molecule has 0 saturated carbocycles. The van der Waals surface area contributed by atoms with Crippen molar-refractivity contribution in [2.45, 2.75) is 68.7 Å². The molecule has 5 nitrogen and oxygen atoms in total. The first-order chi connectivity index (χ1) is 21.2. The lowest BCUT2D eigenvalue weighted by molar-refractivity contribution is -0.668. The molecule has 44 heavy (non-hydrogen) atoms. The zero-order chi connectivity index (χ0) is 30.8. The third-order valence-corrected chi connectivity index (χ3v) is 12.1. The number of thiazole rings is 1. The van der Waals surface area contributed by atoms with Crippen LogP contribution in [-0.2, 0) is 16.7 Å². The zero-order valence-electron chi connectivity index (χ0n) is 25.3. The highest BCUT2D eigenvalue weighted by molar-refractivity contribution is 8.03. The monoisotopic (exact) mass is 662 g/mol. The average Bonchev–Trinajstić information content (AvgIpc) is 3.49.